The second kappa shape index (κ2) is 5.67. The Hall–Kier alpha value is -1.33. The summed E-state index contributed by atoms with van der Waals surface area (Å²) < 4.78 is 5.42. The van der Waals surface area contributed by atoms with Crippen molar-refractivity contribution in [3.8, 4) is 0 Å². The van der Waals surface area contributed by atoms with E-state index in [1.807, 2.05) is 31.0 Å². The molecule has 0 aliphatic heterocycles. The molecule has 3 N–H and O–H groups in total. The molecule has 1 rings (SSSR count). The molecule has 0 radical (unpaired) electrons. The first-order valence-electron chi connectivity index (χ1n) is 5.18. The van der Waals surface area contributed by atoms with Gasteiger partial charge in [0.05, 0.1) is 13.0 Å². The van der Waals surface area contributed by atoms with Gasteiger partial charge in [-0.3, -0.25) is 9.69 Å². The molecule has 1 aromatic rings. The van der Waals surface area contributed by atoms with Crippen molar-refractivity contribution in [1.82, 2.24) is 4.90 Å². The molecule has 1 atom stereocenters. The number of furan rings is 1. The topological polar surface area (TPSA) is 79.7 Å². The van der Waals surface area contributed by atoms with E-state index in [4.69, 9.17) is 15.3 Å². The maximum Gasteiger partial charge on any atom is 0.304 e. The summed E-state index contributed by atoms with van der Waals surface area (Å²) in [5.74, 6) is 0.871. The Morgan fingerprint density at radius 2 is 2.31 bits per heavy atom. The van der Waals surface area contributed by atoms with Crippen molar-refractivity contribution in [2.24, 2.45) is 5.73 Å². The van der Waals surface area contributed by atoms with Crippen molar-refractivity contribution in [2.75, 3.05) is 13.6 Å². The Labute approximate surface area is 94.8 Å². The Balaban J connectivity index is 2.35. The van der Waals surface area contributed by atoms with Crippen molar-refractivity contribution in [3.05, 3.63) is 23.7 Å². The lowest BCUT2D eigenvalue weighted by Gasteiger charge is -2.18. The first-order valence-corrected chi connectivity index (χ1v) is 5.18. The van der Waals surface area contributed by atoms with Crippen LogP contribution in [0.3, 0.4) is 0 Å². The van der Waals surface area contributed by atoms with Gasteiger partial charge in [0.2, 0.25) is 0 Å². The number of aryl methyl sites for hydroxylation is 1. The number of nitrogens with two attached hydrogens (primary N) is 1. The Morgan fingerprint density at radius 1 is 1.62 bits per heavy atom. The summed E-state index contributed by atoms with van der Waals surface area (Å²) in [6.07, 6.45) is -0.0124. The molecular weight excluding hydrogens is 208 g/mol. The Morgan fingerprint density at radius 3 is 2.81 bits per heavy atom. The van der Waals surface area contributed by atoms with Crippen LogP contribution >= 0.6 is 0 Å². The van der Waals surface area contributed by atoms with Gasteiger partial charge in [0.1, 0.15) is 11.5 Å². The molecule has 1 aromatic heterocycles. The average molecular weight is 226 g/mol. The quantitative estimate of drug-likeness (QED) is 0.750. The van der Waals surface area contributed by atoms with Crippen molar-refractivity contribution < 1.29 is 14.3 Å². The summed E-state index contributed by atoms with van der Waals surface area (Å²) in [5.41, 5.74) is 5.68. The van der Waals surface area contributed by atoms with Gasteiger partial charge in [0.15, 0.2) is 0 Å². The number of carboxylic acid groups (broad SMARTS) is 1. The fraction of sp³-hybridized carbons (Fsp3) is 0.545. The first kappa shape index (κ1) is 12.7. The van der Waals surface area contributed by atoms with Crippen LogP contribution in [0, 0.1) is 6.92 Å². The third kappa shape index (κ3) is 4.46. The smallest absolute Gasteiger partial charge is 0.304 e. The minimum Gasteiger partial charge on any atom is -0.481 e. The maximum atomic E-state index is 10.4. The van der Waals surface area contributed by atoms with Crippen LogP contribution in [-0.4, -0.2) is 35.6 Å². The molecular formula is C11H18N2O3. The van der Waals surface area contributed by atoms with Gasteiger partial charge in [-0.25, -0.2) is 0 Å². The lowest BCUT2D eigenvalue weighted by molar-refractivity contribution is -0.137. The highest BCUT2D eigenvalue weighted by Gasteiger charge is 2.12. The summed E-state index contributed by atoms with van der Waals surface area (Å²) >= 11 is 0. The molecule has 0 aromatic carbocycles. The van der Waals surface area contributed by atoms with Crippen LogP contribution in [-0.2, 0) is 11.3 Å². The zero-order valence-electron chi connectivity index (χ0n) is 9.64. The molecule has 0 amide bonds. The molecule has 5 nitrogen and oxygen atoms in total. The van der Waals surface area contributed by atoms with Gasteiger partial charge in [-0.2, -0.15) is 0 Å². The minimum absolute atomic E-state index is 0.0124. The van der Waals surface area contributed by atoms with Crippen LogP contribution in [0.5, 0.6) is 0 Å². The zero-order valence-corrected chi connectivity index (χ0v) is 9.64. The number of carboxylic acids is 1. The molecule has 90 valence electrons. The Kier molecular flexibility index (Phi) is 4.52. The third-order valence-electron chi connectivity index (χ3n) is 2.20. The second-order valence-corrected chi connectivity index (χ2v) is 4.07. The lowest BCUT2D eigenvalue weighted by atomic mass is 10.2. The minimum atomic E-state index is -0.866. The third-order valence-corrected chi connectivity index (χ3v) is 2.20. The lowest BCUT2D eigenvalue weighted by Crippen LogP contribution is -2.36. The van der Waals surface area contributed by atoms with Crippen LogP contribution in [0.4, 0.5) is 0 Å². The number of likely N-dealkylation sites (N-methyl/N-ethyl adjacent to an activating group) is 1. The summed E-state index contributed by atoms with van der Waals surface area (Å²) in [6, 6.07) is 3.47. The zero-order chi connectivity index (χ0) is 12.1. The average Bonchev–Trinajstić information content (AvgIpc) is 2.48. The van der Waals surface area contributed by atoms with Gasteiger partial charge in [0, 0.05) is 12.6 Å². The summed E-state index contributed by atoms with van der Waals surface area (Å²) in [4.78, 5) is 12.4. The van der Waals surface area contributed by atoms with Gasteiger partial charge in [0.25, 0.3) is 0 Å². The van der Waals surface area contributed by atoms with Crippen molar-refractivity contribution in [2.45, 2.75) is 25.9 Å². The SMILES string of the molecule is Cc1ccc(CN(C)CC(N)CC(=O)O)o1. The molecule has 0 spiro atoms. The standard InChI is InChI=1S/C11H18N2O3/c1-8-3-4-10(16-8)7-13(2)6-9(12)5-11(14)15/h3-4,9H,5-7,12H2,1-2H3,(H,14,15). The molecule has 5 heteroatoms. The van der Waals surface area contributed by atoms with Crippen molar-refractivity contribution in [1.29, 1.82) is 0 Å². The van der Waals surface area contributed by atoms with Gasteiger partial charge in [-0.1, -0.05) is 0 Å². The highest BCUT2D eigenvalue weighted by Crippen LogP contribution is 2.08. The van der Waals surface area contributed by atoms with E-state index in [9.17, 15) is 4.79 Å². The number of nitrogens with zero attached hydrogens (tertiary/aromatic N) is 1. The van der Waals surface area contributed by atoms with Crippen LogP contribution in [0.25, 0.3) is 0 Å². The van der Waals surface area contributed by atoms with E-state index >= 15 is 0 Å². The predicted octanol–water partition coefficient (Wildman–Crippen LogP) is 0.822. The number of rotatable bonds is 6. The van der Waals surface area contributed by atoms with Gasteiger partial charge < -0.3 is 15.3 Å². The van der Waals surface area contributed by atoms with E-state index in [-0.39, 0.29) is 12.5 Å². The summed E-state index contributed by atoms with van der Waals surface area (Å²) in [7, 11) is 1.89. The van der Waals surface area contributed by atoms with E-state index in [0.29, 0.717) is 13.1 Å². The van der Waals surface area contributed by atoms with E-state index in [1.54, 1.807) is 0 Å². The Bertz CT molecular complexity index is 349. The summed E-state index contributed by atoms with van der Waals surface area (Å²) in [6.45, 7) is 3.06. The van der Waals surface area contributed by atoms with Crippen LogP contribution in [0.1, 0.15) is 17.9 Å². The summed E-state index contributed by atoms with van der Waals surface area (Å²) in [5, 5.41) is 8.57. The molecule has 0 aliphatic rings. The molecule has 0 saturated carbocycles. The second-order valence-electron chi connectivity index (χ2n) is 4.07. The largest absolute Gasteiger partial charge is 0.481 e. The number of hydrogen-bond acceptors (Lipinski definition) is 4. The number of aliphatic carboxylic acids is 1. The first-order chi connectivity index (χ1) is 7.47. The van der Waals surface area contributed by atoms with Crippen LogP contribution < -0.4 is 5.73 Å². The van der Waals surface area contributed by atoms with Crippen LogP contribution in [0.15, 0.2) is 16.5 Å². The number of carbonyl (C=O) groups is 1. The van der Waals surface area contributed by atoms with E-state index in [1.165, 1.54) is 0 Å². The van der Waals surface area contributed by atoms with Crippen LogP contribution in [0.2, 0.25) is 0 Å². The molecule has 0 fully saturated rings. The molecule has 1 heterocycles. The van der Waals surface area contributed by atoms with E-state index < -0.39 is 5.97 Å². The molecule has 16 heavy (non-hydrogen) atoms. The van der Waals surface area contributed by atoms with E-state index in [2.05, 4.69) is 0 Å². The molecule has 0 saturated heterocycles. The van der Waals surface area contributed by atoms with Crippen molar-refractivity contribution in [3.63, 3.8) is 0 Å². The van der Waals surface area contributed by atoms with Gasteiger partial charge in [-0.15, -0.1) is 0 Å². The van der Waals surface area contributed by atoms with E-state index in [0.717, 1.165) is 11.5 Å². The van der Waals surface area contributed by atoms with Crippen molar-refractivity contribution >= 4 is 5.97 Å². The predicted molar refractivity (Wildman–Crippen MR) is 60.0 cm³/mol. The van der Waals surface area contributed by atoms with Gasteiger partial charge >= 0.3 is 5.97 Å². The van der Waals surface area contributed by atoms with Gasteiger partial charge in [-0.05, 0) is 26.1 Å². The molecule has 1 unspecified atom stereocenters. The highest BCUT2D eigenvalue weighted by molar-refractivity contribution is 5.67. The maximum absolute atomic E-state index is 10.4. The fourth-order valence-electron chi connectivity index (χ4n) is 1.59. The molecule has 0 bridgehead atoms. The highest BCUT2D eigenvalue weighted by atomic mass is 16.4. The molecule has 0 aliphatic carbocycles. The monoisotopic (exact) mass is 226 g/mol. The normalized spacial score (nSPS) is 13.0. The fourth-order valence-corrected chi connectivity index (χ4v) is 1.59. The number of hydrogen-bond donors (Lipinski definition) is 2.